The monoisotopic (exact) mass is 344 g/mol. The van der Waals surface area contributed by atoms with Crippen molar-refractivity contribution in [2.45, 2.75) is 12.8 Å². The number of hydrogen-bond donors (Lipinski definition) is 1. The molecule has 3 nitrogen and oxygen atoms in total. The third-order valence-electron chi connectivity index (χ3n) is 3.46. The van der Waals surface area contributed by atoms with E-state index < -0.39 is 0 Å². The van der Waals surface area contributed by atoms with E-state index in [0.717, 1.165) is 24.1 Å². The van der Waals surface area contributed by atoms with Gasteiger partial charge >= 0.3 is 0 Å². The highest BCUT2D eigenvalue weighted by Crippen LogP contribution is 2.27. The predicted octanol–water partition coefficient (Wildman–Crippen LogP) is 3.17. The number of piperidine rings is 1. The Labute approximate surface area is 127 Å². The molecule has 0 bridgehead atoms. The Bertz CT molecular complexity index is 461. The van der Waals surface area contributed by atoms with Crippen molar-refractivity contribution in [3.8, 4) is 0 Å². The molecule has 1 amide bonds. The normalized spacial score (nSPS) is 19.2. The summed E-state index contributed by atoms with van der Waals surface area (Å²) in [5.74, 6) is 0.519. The Balaban J connectivity index is 2.03. The Morgan fingerprint density at radius 3 is 3.05 bits per heavy atom. The van der Waals surface area contributed by atoms with Crippen LogP contribution in [0.1, 0.15) is 23.2 Å². The minimum absolute atomic E-state index is 0.0168. The summed E-state index contributed by atoms with van der Waals surface area (Å²) < 4.78 is 0.757. The van der Waals surface area contributed by atoms with Crippen molar-refractivity contribution in [2.24, 2.45) is 5.92 Å². The molecule has 5 heteroatoms. The molecule has 1 heterocycles. The van der Waals surface area contributed by atoms with Gasteiger partial charge in [0.1, 0.15) is 0 Å². The van der Waals surface area contributed by atoms with Gasteiger partial charge in [-0.05, 0) is 59.9 Å². The lowest BCUT2D eigenvalue weighted by molar-refractivity contribution is 0.0765. The van der Waals surface area contributed by atoms with Crippen LogP contribution in [0.25, 0.3) is 0 Å². The molecule has 0 aromatic heterocycles. The molecule has 19 heavy (non-hydrogen) atoms. The molecular weight excluding hydrogens is 328 g/mol. The third kappa shape index (κ3) is 3.71. The van der Waals surface area contributed by atoms with Crippen LogP contribution < -0.4 is 5.32 Å². The van der Waals surface area contributed by atoms with E-state index in [0.29, 0.717) is 16.5 Å². The van der Waals surface area contributed by atoms with E-state index in [9.17, 15) is 4.79 Å². The zero-order valence-corrected chi connectivity index (χ0v) is 13.3. The van der Waals surface area contributed by atoms with Crippen molar-refractivity contribution in [1.82, 2.24) is 10.2 Å². The topological polar surface area (TPSA) is 32.3 Å². The maximum atomic E-state index is 12.4. The Morgan fingerprint density at radius 1 is 1.58 bits per heavy atom. The molecule has 2 rings (SSSR count). The fourth-order valence-electron chi connectivity index (χ4n) is 2.42. The molecule has 1 N–H and O–H groups in total. The molecule has 0 saturated carbocycles. The van der Waals surface area contributed by atoms with Gasteiger partial charge in [-0.2, -0.15) is 0 Å². The summed E-state index contributed by atoms with van der Waals surface area (Å²) in [5, 5.41) is 3.85. The van der Waals surface area contributed by atoms with Gasteiger partial charge in [0.15, 0.2) is 0 Å². The van der Waals surface area contributed by atoms with Gasteiger partial charge in [-0.25, -0.2) is 0 Å². The molecule has 0 radical (unpaired) electrons. The highest BCUT2D eigenvalue weighted by atomic mass is 79.9. The smallest absolute Gasteiger partial charge is 0.255 e. The van der Waals surface area contributed by atoms with Crippen molar-refractivity contribution in [1.29, 1.82) is 0 Å². The molecule has 1 aliphatic rings. The number of benzene rings is 1. The lowest BCUT2D eigenvalue weighted by Gasteiger charge is -2.28. The largest absolute Gasteiger partial charge is 0.341 e. The molecule has 0 spiro atoms. The van der Waals surface area contributed by atoms with Crippen molar-refractivity contribution in [3.63, 3.8) is 0 Å². The van der Waals surface area contributed by atoms with Crippen LogP contribution in [0.4, 0.5) is 0 Å². The summed E-state index contributed by atoms with van der Waals surface area (Å²) in [6.07, 6.45) is 2.36. The molecule has 1 atom stereocenters. The number of carbonyl (C=O) groups is 1. The van der Waals surface area contributed by atoms with E-state index in [2.05, 4.69) is 21.2 Å². The van der Waals surface area contributed by atoms with Crippen molar-refractivity contribution in [2.75, 3.05) is 26.7 Å². The zero-order chi connectivity index (χ0) is 13.8. The molecular formula is C14H18BrClN2O. The van der Waals surface area contributed by atoms with E-state index in [1.54, 1.807) is 11.0 Å². The number of carbonyl (C=O) groups excluding carboxylic acids is 1. The van der Waals surface area contributed by atoms with Gasteiger partial charge in [0, 0.05) is 18.1 Å². The average molecular weight is 346 g/mol. The average Bonchev–Trinajstić information content (AvgIpc) is 2.42. The second-order valence-electron chi connectivity index (χ2n) is 5.00. The molecule has 1 aromatic rings. The minimum Gasteiger partial charge on any atom is -0.341 e. The number of rotatable bonds is 3. The summed E-state index contributed by atoms with van der Waals surface area (Å²) in [7, 11) is 1.84. The molecule has 0 aliphatic carbocycles. The molecule has 1 saturated heterocycles. The number of nitrogens with one attached hydrogen (secondary N) is 1. The van der Waals surface area contributed by atoms with E-state index in [4.69, 9.17) is 11.6 Å². The Kier molecular flexibility index (Phi) is 5.25. The first-order chi connectivity index (χ1) is 9.09. The second-order valence-corrected chi connectivity index (χ2v) is 6.23. The lowest BCUT2D eigenvalue weighted by atomic mass is 9.99. The summed E-state index contributed by atoms with van der Waals surface area (Å²) >= 11 is 9.52. The molecule has 1 aromatic carbocycles. The quantitative estimate of drug-likeness (QED) is 0.912. The van der Waals surface area contributed by atoms with Crippen molar-refractivity contribution < 1.29 is 4.79 Å². The van der Waals surface area contributed by atoms with Crippen LogP contribution in [0.3, 0.4) is 0 Å². The molecule has 1 aliphatic heterocycles. The molecule has 1 unspecified atom stereocenters. The van der Waals surface area contributed by atoms with Gasteiger partial charge in [0.05, 0.1) is 10.6 Å². The number of hydrogen-bond acceptors (Lipinski definition) is 2. The maximum absolute atomic E-state index is 12.4. The molecule has 1 fully saturated rings. The fraction of sp³-hybridized carbons (Fsp3) is 0.500. The Hall–Kier alpha value is -0.580. The first-order valence-corrected chi connectivity index (χ1v) is 7.67. The minimum atomic E-state index is -0.0168. The van der Waals surface area contributed by atoms with Crippen LogP contribution in [0.5, 0.6) is 0 Å². The van der Waals surface area contributed by atoms with Crippen LogP contribution in [-0.2, 0) is 0 Å². The number of amides is 1. The van der Waals surface area contributed by atoms with Gasteiger partial charge < -0.3 is 10.2 Å². The van der Waals surface area contributed by atoms with E-state index in [-0.39, 0.29) is 5.91 Å². The second kappa shape index (κ2) is 6.73. The van der Waals surface area contributed by atoms with Gasteiger partial charge in [-0.1, -0.05) is 17.7 Å². The first-order valence-electron chi connectivity index (χ1n) is 6.50. The standard InChI is InChI=1S/C14H18BrClN2O/c1-18(9-10-4-3-7-17-8-10)14(19)11-5-2-6-12(15)13(11)16/h2,5-6,10,17H,3-4,7-9H2,1H3. The lowest BCUT2D eigenvalue weighted by Crippen LogP contribution is -2.39. The predicted molar refractivity (Wildman–Crippen MR) is 81.7 cm³/mol. The summed E-state index contributed by atoms with van der Waals surface area (Å²) in [4.78, 5) is 14.2. The van der Waals surface area contributed by atoms with Crippen LogP contribution in [0.2, 0.25) is 5.02 Å². The van der Waals surface area contributed by atoms with Gasteiger partial charge in [0.2, 0.25) is 0 Å². The first kappa shape index (κ1) is 14.8. The fourth-order valence-corrected chi connectivity index (χ4v) is 3.00. The van der Waals surface area contributed by atoms with E-state index in [1.165, 1.54) is 12.8 Å². The van der Waals surface area contributed by atoms with Crippen LogP contribution in [0, 0.1) is 5.92 Å². The van der Waals surface area contributed by atoms with Gasteiger partial charge in [-0.3, -0.25) is 4.79 Å². The van der Waals surface area contributed by atoms with Crippen LogP contribution >= 0.6 is 27.5 Å². The van der Waals surface area contributed by atoms with Crippen molar-refractivity contribution in [3.05, 3.63) is 33.3 Å². The highest BCUT2D eigenvalue weighted by Gasteiger charge is 2.21. The van der Waals surface area contributed by atoms with Crippen molar-refractivity contribution >= 4 is 33.4 Å². The van der Waals surface area contributed by atoms with E-state index in [1.807, 2.05) is 19.2 Å². The number of nitrogens with zero attached hydrogens (tertiary/aromatic N) is 1. The number of halogens is 2. The Morgan fingerprint density at radius 2 is 2.37 bits per heavy atom. The van der Waals surface area contributed by atoms with Crippen LogP contribution in [-0.4, -0.2) is 37.5 Å². The third-order valence-corrected chi connectivity index (χ3v) is 4.76. The van der Waals surface area contributed by atoms with Gasteiger partial charge in [-0.15, -0.1) is 0 Å². The maximum Gasteiger partial charge on any atom is 0.255 e. The SMILES string of the molecule is CN(CC1CCCNC1)C(=O)c1cccc(Br)c1Cl. The van der Waals surface area contributed by atoms with Gasteiger partial charge in [0.25, 0.3) is 5.91 Å². The summed E-state index contributed by atoms with van der Waals surface area (Å²) in [5.41, 5.74) is 0.558. The molecule has 104 valence electrons. The summed E-state index contributed by atoms with van der Waals surface area (Å²) in [6, 6.07) is 5.44. The highest BCUT2D eigenvalue weighted by molar-refractivity contribution is 9.10. The van der Waals surface area contributed by atoms with E-state index >= 15 is 0 Å². The van der Waals surface area contributed by atoms with Crippen LogP contribution in [0.15, 0.2) is 22.7 Å². The summed E-state index contributed by atoms with van der Waals surface area (Å²) in [6.45, 7) is 2.85. The zero-order valence-electron chi connectivity index (χ0n) is 11.0.